The summed E-state index contributed by atoms with van der Waals surface area (Å²) in [6.07, 6.45) is 6.53. The number of nitrogens with zero attached hydrogens (tertiary/aromatic N) is 1. The Labute approximate surface area is 112 Å². The zero-order chi connectivity index (χ0) is 13.0. The Hall–Kier alpha value is -0.120. The molecule has 106 valence electrons. The molecular formula is C15H30N2O. The first kappa shape index (κ1) is 14.3. The van der Waals surface area contributed by atoms with Crippen molar-refractivity contribution >= 4 is 0 Å². The van der Waals surface area contributed by atoms with Gasteiger partial charge in [-0.2, -0.15) is 0 Å². The molecule has 3 nitrogen and oxygen atoms in total. The van der Waals surface area contributed by atoms with Gasteiger partial charge in [0.2, 0.25) is 0 Å². The minimum Gasteiger partial charge on any atom is -0.381 e. The van der Waals surface area contributed by atoms with E-state index in [1.165, 1.54) is 38.8 Å². The van der Waals surface area contributed by atoms with E-state index in [1.807, 2.05) is 0 Å². The standard InChI is InChI=1S/C15H30N2O/c1-3-15(4-2)6-8-17(9-7-15)11-14(16)13-5-10-18-12-13/h13-14H,3-12,16H2,1-2H3. The molecule has 2 N–H and O–H groups in total. The Morgan fingerprint density at radius 1 is 1.28 bits per heavy atom. The van der Waals surface area contributed by atoms with Crippen molar-refractivity contribution in [3.05, 3.63) is 0 Å². The smallest absolute Gasteiger partial charge is 0.0510 e. The lowest BCUT2D eigenvalue weighted by Gasteiger charge is -2.42. The first-order valence-electron chi connectivity index (χ1n) is 7.75. The van der Waals surface area contributed by atoms with Crippen molar-refractivity contribution < 1.29 is 4.74 Å². The fourth-order valence-electron chi connectivity index (χ4n) is 3.50. The van der Waals surface area contributed by atoms with Crippen molar-refractivity contribution in [3.63, 3.8) is 0 Å². The summed E-state index contributed by atoms with van der Waals surface area (Å²) in [6, 6.07) is 0.309. The Morgan fingerprint density at radius 3 is 2.44 bits per heavy atom. The highest BCUT2D eigenvalue weighted by atomic mass is 16.5. The summed E-state index contributed by atoms with van der Waals surface area (Å²) >= 11 is 0. The predicted octanol–water partition coefficient (Wildman–Crippen LogP) is 2.25. The van der Waals surface area contributed by atoms with Crippen molar-refractivity contribution in [2.75, 3.05) is 32.8 Å². The molecular weight excluding hydrogens is 224 g/mol. The van der Waals surface area contributed by atoms with E-state index >= 15 is 0 Å². The molecule has 0 aromatic rings. The quantitative estimate of drug-likeness (QED) is 0.818. The fraction of sp³-hybridized carbons (Fsp3) is 1.00. The molecule has 2 aliphatic heterocycles. The molecule has 2 unspecified atom stereocenters. The fourth-order valence-corrected chi connectivity index (χ4v) is 3.50. The molecule has 2 heterocycles. The van der Waals surface area contributed by atoms with Gasteiger partial charge >= 0.3 is 0 Å². The van der Waals surface area contributed by atoms with Crippen molar-refractivity contribution in [2.24, 2.45) is 17.1 Å². The van der Waals surface area contributed by atoms with Crippen LogP contribution >= 0.6 is 0 Å². The molecule has 2 atom stereocenters. The van der Waals surface area contributed by atoms with E-state index in [0.717, 1.165) is 26.2 Å². The number of piperidine rings is 1. The van der Waals surface area contributed by atoms with Crippen molar-refractivity contribution in [2.45, 2.75) is 52.0 Å². The van der Waals surface area contributed by atoms with E-state index in [2.05, 4.69) is 18.7 Å². The molecule has 0 bridgehead atoms. The second-order valence-corrected chi connectivity index (χ2v) is 6.30. The van der Waals surface area contributed by atoms with Crippen LogP contribution in [0.3, 0.4) is 0 Å². The summed E-state index contributed by atoms with van der Waals surface area (Å²) in [5, 5.41) is 0. The van der Waals surface area contributed by atoms with Crippen LogP contribution in [0, 0.1) is 11.3 Å². The van der Waals surface area contributed by atoms with Gasteiger partial charge in [0.1, 0.15) is 0 Å². The topological polar surface area (TPSA) is 38.5 Å². The zero-order valence-electron chi connectivity index (χ0n) is 12.2. The maximum Gasteiger partial charge on any atom is 0.0510 e. The Kier molecular flexibility index (Phi) is 5.05. The molecule has 0 aromatic carbocycles. The molecule has 0 saturated carbocycles. The van der Waals surface area contributed by atoms with E-state index < -0.39 is 0 Å². The van der Waals surface area contributed by atoms with Crippen LogP contribution in [0.15, 0.2) is 0 Å². The minimum atomic E-state index is 0.309. The summed E-state index contributed by atoms with van der Waals surface area (Å²) in [5.74, 6) is 0.592. The zero-order valence-corrected chi connectivity index (χ0v) is 12.2. The average molecular weight is 254 g/mol. The number of hydrogen-bond donors (Lipinski definition) is 1. The van der Waals surface area contributed by atoms with Gasteiger partial charge in [-0.15, -0.1) is 0 Å². The highest BCUT2D eigenvalue weighted by molar-refractivity contribution is 4.86. The molecule has 0 radical (unpaired) electrons. The molecule has 18 heavy (non-hydrogen) atoms. The first-order valence-corrected chi connectivity index (χ1v) is 7.75. The monoisotopic (exact) mass is 254 g/mol. The third-order valence-electron chi connectivity index (χ3n) is 5.46. The maximum absolute atomic E-state index is 6.32. The molecule has 2 fully saturated rings. The molecule has 0 amide bonds. The SMILES string of the molecule is CCC1(CC)CCN(CC(N)C2CCOC2)CC1. The second kappa shape index (κ2) is 6.36. The Morgan fingerprint density at radius 2 is 1.94 bits per heavy atom. The molecule has 2 rings (SSSR count). The summed E-state index contributed by atoms with van der Waals surface area (Å²) in [7, 11) is 0. The lowest BCUT2D eigenvalue weighted by molar-refractivity contribution is 0.0849. The van der Waals surface area contributed by atoms with Gasteiger partial charge in [0.15, 0.2) is 0 Å². The molecule has 0 spiro atoms. The molecule has 0 aromatic heterocycles. The number of rotatable bonds is 5. The van der Waals surface area contributed by atoms with Crippen LogP contribution < -0.4 is 5.73 Å². The summed E-state index contributed by atoms with van der Waals surface area (Å²) in [5.41, 5.74) is 6.94. The third kappa shape index (κ3) is 3.25. The van der Waals surface area contributed by atoms with E-state index in [4.69, 9.17) is 10.5 Å². The number of likely N-dealkylation sites (tertiary alicyclic amines) is 1. The van der Waals surface area contributed by atoms with E-state index in [1.54, 1.807) is 0 Å². The van der Waals surface area contributed by atoms with Crippen LogP contribution in [-0.2, 0) is 4.74 Å². The molecule has 3 heteroatoms. The Balaban J connectivity index is 1.76. The van der Waals surface area contributed by atoms with Gasteiger partial charge in [0.05, 0.1) is 6.61 Å². The van der Waals surface area contributed by atoms with Crippen LogP contribution in [0.5, 0.6) is 0 Å². The van der Waals surface area contributed by atoms with Crippen molar-refractivity contribution in [1.82, 2.24) is 4.90 Å². The predicted molar refractivity (Wildman–Crippen MR) is 75.6 cm³/mol. The van der Waals surface area contributed by atoms with Crippen LogP contribution in [0.4, 0.5) is 0 Å². The van der Waals surface area contributed by atoms with Crippen LogP contribution in [0.1, 0.15) is 46.0 Å². The average Bonchev–Trinajstić information content (AvgIpc) is 2.94. The summed E-state index contributed by atoms with van der Waals surface area (Å²) in [6.45, 7) is 10.0. The van der Waals surface area contributed by atoms with E-state index in [0.29, 0.717) is 17.4 Å². The largest absolute Gasteiger partial charge is 0.381 e. The molecule has 2 aliphatic rings. The number of hydrogen-bond acceptors (Lipinski definition) is 3. The van der Waals surface area contributed by atoms with Gasteiger partial charge in [-0.1, -0.05) is 26.7 Å². The normalized spacial score (nSPS) is 30.5. The molecule has 0 aliphatic carbocycles. The lowest BCUT2D eigenvalue weighted by Crippen LogP contribution is -2.47. The second-order valence-electron chi connectivity index (χ2n) is 6.30. The van der Waals surface area contributed by atoms with Crippen LogP contribution in [-0.4, -0.2) is 43.8 Å². The highest BCUT2D eigenvalue weighted by Crippen LogP contribution is 2.37. The highest BCUT2D eigenvalue weighted by Gasteiger charge is 2.32. The van der Waals surface area contributed by atoms with E-state index in [-0.39, 0.29) is 0 Å². The molecule has 2 saturated heterocycles. The van der Waals surface area contributed by atoms with Crippen LogP contribution in [0.2, 0.25) is 0 Å². The van der Waals surface area contributed by atoms with Crippen molar-refractivity contribution in [1.29, 1.82) is 0 Å². The van der Waals surface area contributed by atoms with Gasteiger partial charge in [-0.3, -0.25) is 0 Å². The van der Waals surface area contributed by atoms with Crippen LogP contribution in [0.25, 0.3) is 0 Å². The van der Waals surface area contributed by atoms with Crippen molar-refractivity contribution in [3.8, 4) is 0 Å². The van der Waals surface area contributed by atoms with Gasteiger partial charge in [-0.25, -0.2) is 0 Å². The number of nitrogens with two attached hydrogens (primary N) is 1. The summed E-state index contributed by atoms with van der Waals surface area (Å²) in [4.78, 5) is 2.58. The van der Waals surface area contributed by atoms with E-state index in [9.17, 15) is 0 Å². The lowest BCUT2D eigenvalue weighted by atomic mass is 9.74. The summed E-state index contributed by atoms with van der Waals surface area (Å²) < 4.78 is 5.44. The van der Waals surface area contributed by atoms with Gasteiger partial charge in [-0.05, 0) is 37.8 Å². The Bertz CT molecular complexity index is 237. The minimum absolute atomic E-state index is 0.309. The maximum atomic E-state index is 6.32. The first-order chi connectivity index (χ1) is 8.69. The van der Waals surface area contributed by atoms with Gasteiger partial charge < -0.3 is 15.4 Å². The van der Waals surface area contributed by atoms with Gasteiger partial charge in [0, 0.05) is 25.1 Å². The number of ether oxygens (including phenoxy) is 1. The van der Waals surface area contributed by atoms with Gasteiger partial charge in [0.25, 0.3) is 0 Å². The third-order valence-corrected chi connectivity index (χ3v) is 5.46.